The Hall–Kier alpha value is -3.05. The molecule has 140 valence electrons. The van der Waals surface area contributed by atoms with E-state index in [1.165, 1.54) is 11.8 Å². The number of amides is 1. The first-order valence-corrected chi connectivity index (χ1v) is 9.94. The highest BCUT2D eigenvalue weighted by molar-refractivity contribution is 8.18. The minimum absolute atomic E-state index is 0.109. The number of aromatic nitrogens is 1. The summed E-state index contributed by atoms with van der Waals surface area (Å²) in [6.07, 6.45) is 1.95. The lowest BCUT2D eigenvalue weighted by molar-refractivity contribution is -0.115. The predicted molar refractivity (Wildman–Crippen MR) is 117 cm³/mol. The molecule has 0 atom stereocenters. The zero-order chi connectivity index (χ0) is 19.7. The molecule has 4 rings (SSSR count). The van der Waals surface area contributed by atoms with Crippen molar-refractivity contribution >= 4 is 34.6 Å². The lowest BCUT2D eigenvalue weighted by Gasteiger charge is -2.09. The Morgan fingerprint density at radius 3 is 2.46 bits per heavy atom. The summed E-state index contributed by atoms with van der Waals surface area (Å²) in [5.41, 5.74) is 6.34. The largest absolute Gasteiger partial charge is 0.318 e. The third-order valence-electron chi connectivity index (χ3n) is 4.76. The molecule has 1 aliphatic heterocycles. The second-order valence-electron chi connectivity index (χ2n) is 6.77. The van der Waals surface area contributed by atoms with Crippen molar-refractivity contribution in [1.82, 2.24) is 9.88 Å². The topological polar surface area (TPSA) is 46.4 Å². The van der Waals surface area contributed by atoms with Crippen molar-refractivity contribution in [2.45, 2.75) is 20.8 Å². The molecule has 4 nitrogen and oxygen atoms in total. The van der Waals surface area contributed by atoms with Gasteiger partial charge in [-0.15, -0.1) is 0 Å². The lowest BCUT2D eigenvalue weighted by atomic mass is 10.2. The number of aliphatic imine (C=N–C) groups is 1. The molecule has 0 bridgehead atoms. The number of aryl methyl sites for hydroxylation is 2. The molecule has 5 heteroatoms. The molecule has 0 aliphatic carbocycles. The van der Waals surface area contributed by atoms with Gasteiger partial charge in [-0.2, -0.15) is 0 Å². The maximum atomic E-state index is 12.4. The van der Waals surface area contributed by atoms with Crippen LogP contribution in [0, 0.1) is 20.8 Å². The first kappa shape index (κ1) is 18.3. The number of carbonyl (C=O) groups is 1. The number of para-hydroxylation sites is 2. The highest BCUT2D eigenvalue weighted by Gasteiger charge is 2.24. The zero-order valence-electron chi connectivity index (χ0n) is 16.1. The number of hydrogen-bond donors (Lipinski definition) is 1. The molecule has 3 aromatic rings. The number of nitrogens with zero attached hydrogens (tertiary/aromatic N) is 2. The molecule has 1 aliphatic rings. The Bertz CT molecular complexity index is 1110. The molecule has 1 aromatic heterocycles. The van der Waals surface area contributed by atoms with Crippen molar-refractivity contribution in [3.05, 3.63) is 88.1 Å². The molecule has 1 saturated heterocycles. The van der Waals surface area contributed by atoms with Gasteiger partial charge in [0, 0.05) is 17.1 Å². The van der Waals surface area contributed by atoms with E-state index in [2.05, 4.69) is 46.9 Å². The van der Waals surface area contributed by atoms with Crippen molar-refractivity contribution in [2.24, 2.45) is 4.99 Å². The van der Waals surface area contributed by atoms with Gasteiger partial charge in [0.25, 0.3) is 5.91 Å². The van der Waals surface area contributed by atoms with Crippen LogP contribution in [-0.4, -0.2) is 15.6 Å². The van der Waals surface area contributed by atoms with Crippen LogP contribution in [0.3, 0.4) is 0 Å². The van der Waals surface area contributed by atoms with Crippen LogP contribution in [-0.2, 0) is 4.79 Å². The summed E-state index contributed by atoms with van der Waals surface area (Å²) in [4.78, 5) is 17.7. The molecular weight excluding hydrogens is 366 g/mol. The van der Waals surface area contributed by atoms with Gasteiger partial charge in [-0.25, -0.2) is 4.99 Å². The van der Waals surface area contributed by atoms with Crippen LogP contribution in [0.2, 0.25) is 0 Å². The molecule has 0 spiro atoms. The molecule has 0 unspecified atom stereocenters. The van der Waals surface area contributed by atoms with Crippen molar-refractivity contribution < 1.29 is 4.79 Å². The maximum Gasteiger partial charge on any atom is 0.264 e. The van der Waals surface area contributed by atoms with Gasteiger partial charge >= 0.3 is 0 Å². The van der Waals surface area contributed by atoms with E-state index in [0.717, 1.165) is 33.9 Å². The Kier molecular flexibility index (Phi) is 4.92. The second kappa shape index (κ2) is 7.52. The van der Waals surface area contributed by atoms with Crippen molar-refractivity contribution in [1.29, 1.82) is 0 Å². The average Bonchev–Trinajstić information content (AvgIpc) is 3.16. The van der Waals surface area contributed by atoms with Gasteiger partial charge in [0.2, 0.25) is 0 Å². The minimum Gasteiger partial charge on any atom is -0.318 e. The Balaban J connectivity index is 1.65. The first-order chi connectivity index (χ1) is 13.5. The van der Waals surface area contributed by atoms with E-state index >= 15 is 0 Å². The third-order valence-corrected chi connectivity index (χ3v) is 5.67. The highest BCUT2D eigenvalue weighted by atomic mass is 32.2. The van der Waals surface area contributed by atoms with Crippen LogP contribution in [0.1, 0.15) is 22.5 Å². The molecule has 1 amide bonds. The molecule has 0 saturated carbocycles. The van der Waals surface area contributed by atoms with Crippen LogP contribution < -0.4 is 5.32 Å². The number of thioether (sulfide) groups is 1. The van der Waals surface area contributed by atoms with Crippen LogP contribution in [0.5, 0.6) is 0 Å². The summed E-state index contributed by atoms with van der Waals surface area (Å²) in [6, 6.07) is 20.2. The predicted octanol–water partition coefficient (Wildman–Crippen LogP) is 5.29. The fraction of sp³-hybridized carbons (Fsp3) is 0.130. The fourth-order valence-corrected chi connectivity index (χ4v) is 4.15. The molecule has 1 fully saturated rings. The summed E-state index contributed by atoms with van der Waals surface area (Å²) in [7, 11) is 0. The highest BCUT2D eigenvalue weighted by Crippen LogP contribution is 2.31. The van der Waals surface area contributed by atoms with E-state index in [1.807, 2.05) is 55.5 Å². The lowest BCUT2D eigenvalue weighted by Crippen LogP contribution is -2.19. The van der Waals surface area contributed by atoms with E-state index < -0.39 is 0 Å². The SMILES string of the molecule is Cc1ccccc1N=C1NC(=O)/C(=C/c2cc(C)n(-c3ccccc3)c2C)S1. The van der Waals surface area contributed by atoms with Gasteiger partial charge in [-0.05, 0) is 74.0 Å². The summed E-state index contributed by atoms with van der Waals surface area (Å²) in [6.45, 7) is 6.16. The van der Waals surface area contributed by atoms with E-state index in [4.69, 9.17) is 0 Å². The molecule has 28 heavy (non-hydrogen) atoms. The van der Waals surface area contributed by atoms with Crippen LogP contribution in [0.15, 0.2) is 70.6 Å². The number of nitrogens with one attached hydrogen (secondary N) is 1. The quantitative estimate of drug-likeness (QED) is 0.620. The molecular formula is C23H21N3OS. The van der Waals surface area contributed by atoms with Crippen LogP contribution in [0.4, 0.5) is 5.69 Å². The Morgan fingerprint density at radius 1 is 1.00 bits per heavy atom. The molecule has 1 N–H and O–H groups in total. The number of hydrogen-bond acceptors (Lipinski definition) is 3. The summed E-state index contributed by atoms with van der Waals surface area (Å²) < 4.78 is 2.20. The monoisotopic (exact) mass is 387 g/mol. The van der Waals surface area contributed by atoms with Gasteiger partial charge in [0.1, 0.15) is 0 Å². The van der Waals surface area contributed by atoms with Crippen LogP contribution >= 0.6 is 11.8 Å². The molecule has 2 aromatic carbocycles. The number of carbonyl (C=O) groups excluding carboxylic acids is 1. The Labute approximate surface area is 169 Å². The second-order valence-corrected chi connectivity index (χ2v) is 7.80. The third kappa shape index (κ3) is 3.53. The van der Waals surface area contributed by atoms with Gasteiger partial charge in [0.05, 0.1) is 10.6 Å². The van der Waals surface area contributed by atoms with Gasteiger partial charge in [-0.3, -0.25) is 4.79 Å². The molecule has 0 radical (unpaired) electrons. The number of amidine groups is 1. The fourth-order valence-electron chi connectivity index (χ4n) is 3.33. The maximum absolute atomic E-state index is 12.4. The number of benzene rings is 2. The van der Waals surface area contributed by atoms with Gasteiger partial charge < -0.3 is 9.88 Å². The van der Waals surface area contributed by atoms with E-state index in [0.29, 0.717) is 10.1 Å². The van der Waals surface area contributed by atoms with E-state index in [-0.39, 0.29) is 5.91 Å². The standard InChI is InChI=1S/C23H21N3OS/c1-15-9-7-8-12-20(15)24-23-25-22(27)21(28-23)14-18-13-16(2)26(17(18)3)19-10-5-4-6-11-19/h4-14H,1-3H3,(H,24,25,27)/b21-14-. The van der Waals surface area contributed by atoms with Crippen molar-refractivity contribution in [2.75, 3.05) is 0 Å². The summed E-state index contributed by atoms with van der Waals surface area (Å²) >= 11 is 1.38. The zero-order valence-corrected chi connectivity index (χ0v) is 16.9. The van der Waals surface area contributed by atoms with E-state index in [9.17, 15) is 4.79 Å². The minimum atomic E-state index is -0.109. The number of rotatable bonds is 3. The van der Waals surface area contributed by atoms with Gasteiger partial charge in [-0.1, -0.05) is 36.4 Å². The normalized spacial score (nSPS) is 16.8. The first-order valence-electron chi connectivity index (χ1n) is 9.12. The van der Waals surface area contributed by atoms with Crippen LogP contribution in [0.25, 0.3) is 11.8 Å². The summed E-state index contributed by atoms with van der Waals surface area (Å²) in [5.74, 6) is -0.109. The molecule has 2 heterocycles. The Morgan fingerprint density at radius 2 is 1.71 bits per heavy atom. The van der Waals surface area contributed by atoms with Crippen molar-refractivity contribution in [3.8, 4) is 5.69 Å². The smallest absolute Gasteiger partial charge is 0.264 e. The summed E-state index contributed by atoms with van der Waals surface area (Å²) in [5, 5.41) is 3.48. The van der Waals surface area contributed by atoms with Gasteiger partial charge in [0.15, 0.2) is 5.17 Å². The van der Waals surface area contributed by atoms with E-state index in [1.54, 1.807) is 0 Å². The van der Waals surface area contributed by atoms with Crippen molar-refractivity contribution in [3.63, 3.8) is 0 Å². The average molecular weight is 388 g/mol.